The zero-order chi connectivity index (χ0) is 16.9. The number of rotatable bonds is 5. The van der Waals surface area contributed by atoms with Crippen molar-refractivity contribution in [2.24, 2.45) is 0 Å². The molecule has 0 aliphatic rings. The molecule has 2 aromatic heterocycles. The molecule has 0 atom stereocenters. The molecule has 4 rings (SSSR count). The lowest BCUT2D eigenvalue weighted by atomic mass is 10.1. The van der Waals surface area contributed by atoms with E-state index in [-0.39, 0.29) is 0 Å². The van der Waals surface area contributed by atoms with Crippen LogP contribution in [0.5, 0.6) is 0 Å². The molecule has 0 saturated heterocycles. The third kappa shape index (κ3) is 3.63. The lowest BCUT2D eigenvalue weighted by Gasteiger charge is -2.07. The van der Waals surface area contributed by atoms with Crippen LogP contribution in [0.15, 0.2) is 79.0 Å². The second kappa shape index (κ2) is 7.09. The van der Waals surface area contributed by atoms with Crippen LogP contribution in [0.4, 0.5) is 5.82 Å². The number of hydrogen-bond acceptors (Lipinski definition) is 4. The molecular formula is C21H18N4. The van der Waals surface area contributed by atoms with E-state index in [4.69, 9.17) is 0 Å². The van der Waals surface area contributed by atoms with Crippen LogP contribution in [0.3, 0.4) is 0 Å². The second-order valence-electron chi connectivity index (χ2n) is 5.82. The minimum absolute atomic E-state index is 0.658. The Balaban J connectivity index is 1.52. The number of aromatic nitrogens is 3. The van der Waals surface area contributed by atoms with E-state index in [0.29, 0.717) is 5.65 Å². The van der Waals surface area contributed by atoms with Crippen molar-refractivity contribution in [2.45, 2.75) is 6.42 Å². The van der Waals surface area contributed by atoms with Crippen molar-refractivity contribution < 1.29 is 0 Å². The largest absolute Gasteiger partial charge is 0.370 e. The monoisotopic (exact) mass is 326 g/mol. The van der Waals surface area contributed by atoms with Gasteiger partial charge in [0.25, 0.3) is 0 Å². The van der Waals surface area contributed by atoms with Crippen molar-refractivity contribution in [1.29, 1.82) is 0 Å². The summed E-state index contributed by atoms with van der Waals surface area (Å²) >= 11 is 0. The normalized spacial score (nSPS) is 10.7. The highest BCUT2D eigenvalue weighted by atomic mass is 15.0. The number of benzene rings is 2. The number of fused-ring (bicyclic) bond motifs is 1. The summed E-state index contributed by atoms with van der Waals surface area (Å²) in [6.07, 6.45) is 2.75. The van der Waals surface area contributed by atoms with E-state index >= 15 is 0 Å². The van der Waals surface area contributed by atoms with Crippen LogP contribution in [0, 0.1) is 0 Å². The minimum atomic E-state index is 0.658. The van der Waals surface area contributed by atoms with E-state index in [2.05, 4.69) is 44.5 Å². The molecule has 0 spiro atoms. The van der Waals surface area contributed by atoms with Gasteiger partial charge in [0.05, 0.1) is 11.9 Å². The van der Waals surface area contributed by atoms with Crippen molar-refractivity contribution >= 4 is 17.0 Å². The first-order valence-corrected chi connectivity index (χ1v) is 8.35. The van der Waals surface area contributed by atoms with Crippen molar-refractivity contribution in [1.82, 2.24) is 15.0 Å². The van der Waals surface area contributed by atoms with Gasteiger partial charge >= 0.3 is 0 Å². The summed E-state index contributed by atoms with van der Waals surface area (Å²) in [7, 11) is 0. The van der Waals surface area contributed by atoms with E-state index in [1.807, 2.05) is 48.5 Å². The third-order valence-corrected chi connectivity index (χ3v) is 4.04. The van der Waals surface area contributed by atoms with Gasteiger partial charge in [-0.25, -0.2) is 9.97 Å². The van der Waals surface area contributed by atoms with E-state index in [0.717, 1.165) is 35.6 Å². The van der Waals surface area contributed by atoms with Gasteiger partial charge in [0.1, 0.15) is 11.3 Å². The fourth-order valence-electron chi connectivity index (χ4n) is 2.72. The molecule has 0 unspecified atom stereocenters. The Labute approximate surface area is 146 Å². The lowest BCUT2D eigenvalue weighted by Crippen LogP contribution is -2.06. The Kier molecular flexibility index (Phi) is 4.33. The molecule has 0 bridgehead atoms. The summed E-state index contributed by atoms with van der Waals surface area (Å²) in [5.74, 6) is 0.822. The van der Waals surface area contributed by atoms with Crippen LogP contribution in [0.2, 0.25) is 0 Å². The smallest absolute Gasteiger partial charge is 0.180 e. The van der Waals surface area contributed by atoms with Crippen LogP contribution in [0.25, 0.3) is 22.4 Å². The highest BCUT2D eigenvalue weighted by Crippen LogP contribution is 2.19. The summed E-state index contributed by atoms with van der Waals surface area (Å²) in [6, 6.07) is 24.4. The maximum atomic E-state index is 4.66. The molecule has 0 aliphatic carbocycles. The Morgan fingerprint density at radius 3 is 2.32 bits per heavy atom. The van der Waals surface area contributed by atoms with Crippen LogP contribution < -0.4 is 5.32 Å². The van der Waals surface area contributed by atoms with E-state index in [1.54, 1.807) is 6.20 Å². The van der Waals surface area contributed by atoms with Gasteiger partial charge in [0, 0.05) is 12.1 Å². The zero-order valence-corrected chi connectivity index (χ0v) is 13.8. The Morgan fingerprint density at radius 1 is 0.760 bits per heavy atom. The highest BCUT2D eigenvalue weighted by Gasteiger charge is 2.04. The molecule has 0 fully saturated rings. The zero-order valence-electron chi connectivity index (χ0n) is 13.8. The summed E-state index contributed by atoms with van der Waals surface area (Å²) in [5, 5.41) is 3.37. The number of anilines is 1. The van der Waals surface area contributed by atoms with Gasteiger partial charge in [-0.1, -0.05) is 60.7 Å². The molecule has 4 heteroatoms. The number of pyridine rings is 1. The Morgan fingerprint density at radius 2 is 1.52 bits per heavy atom. The van der Waals surface area contributed by atoms with Crippen LogP contribution in [-0.2, 0) is 6.42 Å². The number of hydrogen-bond donors (Lipinski definition) is 1. The highest BCUT2D eigenvalue weighted by molar-refractivity contribution is 5.75. The van der Waals surface area contributed by atoms with Crippen molar-refractivity contribution in [3.05, 3.63) is 84.6 Å². The van der Waals surface area contributed by atoms with Gasteiger partial charge in [-0.15, -0.1) is 0 Å². The molecule has 0 amide bonds. The maximum Gasteiger partial charge on any atom is 0.180 e. The van der Waals surface area contributed by atoms with E-state index in [9.17, 15) is 0 Å². The van der Waals surface area contributed by atoms with Gasteiger partial charge in [0.15, 0.2) is 5.65 Å². The molecule has 2 heterocycles. The predicted octanol–water partition coefficient (Wildman–Crippen LogP) is 4.35. The standard InChI is InChI=1S/C21H18N4/c1-3-7-16(8-4-1)13-14-22-20-12-11-18-21(25-20)24-19(15-23-18)17-9-5-2-6-10-17/h1-12,15H,13-14H2,(H,22,24,25). The second-order valence-corrected chi connectivity index (χ2v) is 5.82. The van der Waals surface area contributed by atoms with E-state index < -0.39 is 0 Å². The molecule has 2 aromatic carbocycles. The molecule has 25 heavy (non-hydrogen) atoms. The van der Waals surface area contributed by atoms with E-state index in [1.165, 1.54) is 5.56 Å². The quantitative estimate of drug-likeness (QED) is 0.592. The molecule has 122 valence electrons. The number of nitrogens with zero attached hydrogens (tertiary/aromatic N) is 3. The third-order valence-electron chi connectivity index (χ3n) is 4.04. The van der Waals surface area contributed by atoms with Crippen molar-refractivity contribution in [3.63, 3.8) is 0 Å². The average molecular weight is 326 g/mol. The maximum absolute atomic E-state index is 4.66. The summed E-state index contributed by atoms with van der Waals surface area (Å²) < 4.78 is 0. The predicted molar refractivity (Wildman–Crippen MR) is 101 cm³/mol. The Hall–Kier alpha value is -3.27. The summed E-state index contributed by atoms with van der Waals surface area (Å²) in [5.41, 5.74) is 4.64. The van der Waals surface area contributed by atoms with Gasteiger partial charge < -0.3 is 5.32 Å². The fraction of sp³-hybridized carbons (Fsp3) is 0.0952. The van der Waals surface area contributed by atoms with Crippen LogP contribution >= 0.6 is 0 Å². The molecular weight excluding hydrogens is 308 g/mol. The van der Waals surface area contributed by atoms with Crippen molar-refractivity contribution in [3.8, 4) is 11.3 Å². The lowest BCUT2D eigenvalue weighted by molar-refractivity contribution is 1.01. The first-order chi connectivity index (χ1) is 12.4. The van der Waals surface area contributed by atoms with Gasteiger partial charge in [-0.05, 0) is 24.1 Å². The average Bonchev–Trinajstić information content (AvgIpc) is 2.69. The summed E-state index contributed by atoms with van der Waals surface area (Å²) in [6.45, 7) is 0.828. The first kappa shape index (κ1) is 15.3. The van der Waals surface area contributed by atoms with Gasteiger partial charge in [0.2, 0.25) is 0 Å². The molecule has 1 N–H and O–H groups in total. The molecule has 0 aliphatic heterocycles. The van der Waals surface area contributed by atoms with Crippen LogP contribution in [0.1, 0.15) is 5.56 Å². The van der Waals surface area contributed by atoms with Gasteiger partial charge in [-0.3, -0.25) is 4.98 Å². The van der Waals surface area contributed by atoms with Crippen LogP contribution in [-0.4, -0.2) is 21.5 Å². The Bertz CT molecular complexity index is 969. The minimum Gasteiger partial charge on any atom is -0.370 e. The fourth-order valence-corrected chi connectivity index (χ4v) is 2.72. The van der Waals surface area contributed by atoms with Gasteiger partial charge in [-0.2, -0.15) is 0 Å². The molecule has 4 aromatic rings. The summed E-state index contributed by atoms with van der Waals surface area (Å²) in [4.78, 5) is 13.7. The molecule has 0 saturated carbocycles. The SMILES string of the molecule is c1ccc(CCNc2ccc3ncc(-c4ccccc4)nc3n2)cc1. The topological polar surface area (TPSA) is 50.7 Å². The van der Waals surface area contributed by atoms with Crippen molar-refractivity contribution in [2.75, 3.05) is 11.9 Å². The number of nitrogens with one attached hydrogen (secondary N) is 1. The molecule has 4 nitrogen and oxygen atoms in total. The first-order valence-electron chi connectivity index (χ1n) is 8.35. The molecule has 0 radical (unpaired) electrons.